The Kier molecular flexibility index (Phi) is 8.20. The zero-order valence-electron chi connectivity index (χ0n) is 41.8. The summed E-state index contributed by atoms with van der Waals surface area (Å²) in [7, 11) is 0. The van der Waals surface area contributed by atoms with Crippen molar-refractivity contribution in [3.63, 3.8) is 0 Å². The van der Waals surface area contributed by atoms with Crippen molar-refractivity contribution < 1.29 is 0 Å². The van der Waals surface area contributed by atoms with E-state index in [-0.39, 0.29) is 28.4 Å². The van der Waals surface area contributed by atoms with Crippen molar-refractivity contribution in [1.82, 2.24) is 13.7 Å². The van der Waals surface area contributed by atoms with Crippen molar-refractivity contribution >= 4 is 88.5 Å². The summed E-state index contributed by atoms with van der Waals surface area (Å²) in [6.07, 6.45) is 0. The molecule has 3 aromatic heterocycles. The summed E-state index contributed by atoms with van der Waals surface area (Å²) in [5.41, 5.74) is 23.4. The predicted molar refractivity (Wildman–Crippen MR) is 294 cm³/mol. The first-order chi connectivity index (χ1) is 32.3. The van der Waals surface area contributed by atoms with Crippen LogP contribution in [0.15, 0.2) is 146 Å². The van der Waals surface area contributed by atoms with Gasteiger partial charge in [-0.15, -0.1) is 0 Å². The highest BCUT2D eigenvalue weighted by molar-refractivity contribution is 7.02. The molecule has 3 nitrogen and oxygen atoms in total. The number of rotatable bonds is 2. The maximum atomic E-state index is 2.68. The molecule has 0 N–H and O–H groups in total. The first kappa shape index (κ1) is 41.4. The SMILES string of the molecule is CC(C)(C)c1cc(-c2cc3c4c(c2)-n2c5ccccc5c5cc6c(c(c52)B4c2cc(C(C)(C)C)cc4c5cc(C(C)(C)C)ccc5n-3c24)c2ccccc2n6-c2ccccc2)cc(C(C)(C)C)c1. The van der Waals surface area contributed by atoms with Crippen LogP contribution in [0.1, 0.15) is 105 Å². The van der Waals surface area contributed by atoms with E-state index in [1.54, 1.807) is 0 Å². The van der Waals surface area contributed by atoms with Crippen LogP contribution < -0.4 is 16.4 Å². The third-order valence-electron chi connectivity index (χ3n) is 15.8. The Morgan fingerprint density at radius 1 is 0.338 bits per heavy atom. The van der Waals surface area contributed by atoms with Crippen molar-refractivity contribution in [3.8, 4) is 28.2 Å². The highest BCUT2D eigenvalue weighted by Crippen LogP contribution is 2.46. The van der Waals surface area contributed by atoms with Gasteiger partial charge in [0.25, 0.3) is 6.71 Å². The molecule has 0 spiro atoms. The number of fused-ring (bicyclic) bond motifs is 14. The topological polar surface area (TPSA) is 14.8 Å². The zero-order chi connectivity index (χ0) is 47.1. The molecule has 0 saturated carbocycles. The van der Waals surface area contributed by atoms with Gasteiger partial charge in [0, 0.05) is 54.9 Å². The smallest absolute Gasteiger partial charge is 0.253 e. The van der Waals surface area contributed by atoms with Crippen molar-refractivity contribution in [1.29, 1.82) is 0 Å². The normalized spacial score (nSPS) is 13.9. The van der Waals surface area contributed by atoms with Gasteiger partial charge in [0.1, 0.15) is 0 Å². The monoisotopic (exact) mass is 881 g/mol. The molecule has 2 aliphatic rings. The second kappa shape index (κ2) is 13.5. The summed E-state index contributed by atoms with van der Waals surface area (Å²) in [4.78, 5) is 0. The summed E-state index contributed by atoms with van der Waals surface area (Å²) in [5, 5.41) is 7.89. The van der Waals surface area contributed by atoms with Crippen LogP contribution in [0.2, 0.25) is 0 Å². The van der Waals surface area contributed by atoms with Crippen LogP contribution in [0.4, 0.5) is 0 Å². The van der Waals surface area contributed by atoms with Crippen molar-refractivity contribution in [2.24, 2.45) is 0 Å². The second-order valence-corrected chi connectivity index (χ2v) is 24.3. The highest BCUT2D eigenvalue weighted by atomic mass is 15.0. The lowest BCUT2D eigenvalue weighted by molar-refractivity contribution is 0.569. The zero-order valence-corrected chi connectivity index (χ0v) is 41.8. The van der Waals surface area contributed by atoms with Gasteiger partial charge in [0.15, 0.2) is 0 Å². The average molecular weight is 882 g/mol. The molecule has 68 heavy (non-hydrogen) atoms. The number of hydrogen-bond donors (Lipinski definition) is 0. The van der Waals surface area contributed by atoms with E-state index in [9.17, 15) is 0 Å². The minimum absolute atomic E-state index is 0.00139. The summed E-state index contributed by atoms with van der Waals surface area (Å²) in [5.74, 6) is 0. The maximum absolute atomic E-state index is 2.68. The van der Waals surface area contributed by atoms with Crippen LogP contribution in [0.5, 0.6) is 0 Å². The van der Waals surface area contributed by atoms with Crippen molar-refractivity contribution in [2.75, 3.05) is 0 Å². The molecule has 11 aromatic rings. The van der Waals surface area contributed by atoms with Gasteiger partial charge in [-0.25, -0.2) is 0 Å². The van der Waals surface area contributed by atoms with Crippen molar-refractivity contribution in [3.05, 3.63) is 168 Å². The molecule has 0 radical (unpaired) electrons. The molecule has 5 heterocycles. The van der Waals surface area contributed by atoms with Crippen LogP contribution >= 0.6 is 0 Å². The van der Waals surface area contributed by atoms with Gasteiger partial charge in [0.2, 0.25) is 0 Å². The summed E-state index contributed by atoms with van der Waals surface area (Å²) in [6.45, 7) is 28.3. The van der Waals surface area contributed by atoms with E-state index in [0.717, 1.165) is 0 Å². The molecule has 334 valence electrons. The van der Waals surface area contributed by atoms with E-state index in [4.69, 9.17) is 0 Å². The van der Waals surface area contributed by atoms with Crippen molar-refractivity contribution in [2.45, 2.75) is 105 Å². The second-order valence-electron chi connectivity index (χ2n) is 24.3. The van der Waals surface area contributed by atoms with Gasteiger partial charge in [-0.1, -0.05) is 168 Å². The largest absolute Gasteiger partial charge is 0.310 e. The Labute approximate surface area is 401 Å². The molecule has 0 unspecified atom stereocenters. The minimum atomic E-state index is -0.0786. The Hall–Kier alpha value is -6.78. The molecule has 4 heteroatoms. The Bertz CT molecular complexity index is 3960. The Morgan fingerprint density at radius 2 is 0.838 bits per heavy atom. The summed E-state index contributed by atoms with van der Waals surface area (Å²) in [6, 6.07) is 56.9. The molecule has 0 saturated heterocycles. The molecule has 13 rings (SSSR count). The Balaban J connectivity index is 1.29. The average Bonchev–Trinajstić information content (AvgIpc) is 3.94. The third-order valence-corrected chi connectivity index (χ3v) is 15.8. The van der Waals surface area contributed by atoms with Crippen LogP contribution in [0, 0.1) is 0 Å². The van der Waals surface area contributed by atoms with E-state index in [0.29, 0.717) is 0 Å². The van der Waals surface area contributed by atoms with E-state index in [1.165, 1.54) is 132 Å². The first-order valence-electron chi connectivity index (χ1n) is 24.8. The molecule has 0 fully saturated rings. The lowest BCUT2D eigenvalue weighted by atomic mass is 9.33. The minimum Gasteiger partial charge on any atom is -0.310 e. The molecule has 2 aliphatic heterocycles. The number of nitrogens with zero attached hydrogens (tertiary/aromatic N) is 3. The van der Waals surface area contributed by atoms with Gasteiger partial charge in [-0.3, -0.25) is 0 Å². The van der Waals surface area contributed by atoms with E-state index >= 15 is 0 Å². The molecule has 0 aliphatic carbocycles. The number of aromatic nitrogens is 3. The standard InChI is InChI=1S/C64H60BN3/c1-61(2,3)39-26-27-52-46(33-39)47-34-42(64(10,11)12)35-49-59(47)67(52)54-30-38(37-28-40(62(4,5)6)32-41(29-37)63(7,8)9)31-55-57(54)65(49)58-56-45-23-17-19-25-51(45)66(43-20-14-13-15-21-43)53(56)36-48-44-22-16-18-24-50(44)68(55)60(48)58/h13-36H,1-12H3. The van der Waals surface area contributed by atoms with Gasteiger partial charge >= 0.3 is 0 Å². The molecule has 8 aromatic carbocycles. The number of para-hydroxylation sites is 3. The Morgan fingerprint density at radius 3 is 1.47 bits per heavy atom. The van der Waals surface area contributed by atoms with Crippen LogP contribution in [0.25, 0.3) is 93.6 Å². The number of hydrogen-bond acceptors (Lipinski definition) is 0. The van der Waals surface area contributed by atoms with Crippen LogP contribution in [-0.2, 0) is 21.7 Å². The number of benzene rings is 8. The molecule has 0 atom stereocenters. The van der Waals surface area contributed by atoms with E-state index in [1.807, 2.05) is 0 Å². The lowest BCUT2D eigenvalue weighted by Crippen LogP contribution is -2.59. The summed E-state index contributed by atoms with van der Waals surface area (Å²) >= 11 is 0. The van der Waals surface area contributed by atoms with Gasteiger partial charge in [-0.05, 0) is 132 Å². The first-order valence-corrected chi connectivity index (χ1v) is 24.8. The fraction of sp³-hybridized carbons (Fsp3) is 0.250. The molecular formula is C64H60BN3. The lowest BCUT2D eigenvalue weighted by Gasteiger charge is -2.35. The van der Waals surface area contributed by atoms with Gasteiger partial charge in [-0.2, -0.15) is 0 Å². The van der Waals surface area contributed by atoms with E-state index < -0.39 is 0 Å². The van der Waals surface area contributed by atoms with Crippen LogP contribution in [0.3, 0.4) is 0 Å². The predicted octanol–water partition coefficient (Wildman–Crippen LogP) is 15.0. The third kappa shape index (κ3) is 5.67. The highest BCUT2D eigenvalue weighted by Gasteiger charge is 2.44. The van der Waals surface area contributed by atoms with Crippen LogP contribution in [-0.4, -0.2) is 20.4 Å². The van der Waals surface area contributed by atoms with Gasteiger partial charge in [0.05, 0.1) is 27.6 Å². The fourth-order valence-corrected chi connectivity index (χ4v) is 12.1. The van der Waals surface area contributed by atoms with E-state index in [2.05, 4.69) is 242 Å². The molecule has 0 amide bonds. The molecule has 0 bridgehead atoms. The quantitative estimate of drug-likeness (QED) is 0.154. The molecular weight excluding hydrogens is 822 g/mol. The fourth-order valence-electron chi connectivity index (χ4n) is 12.1. The van der Waals surface area contributed by atoms with Gasteiger partial charge < -0.3 is 13.7 Å². The summed E-state index contributed by atoms with van der Waals surface area (Å²) < 4.78 is 7.87. The maximum Gasteiger partial charge on any atom is 0.253 e.